The van der Waals surface area contributed by atoms with Crippen LogP contribution < -0.4 is 14.8 Å². The normalized spacial score (nSPS) is 13.0. The molecule has 2 aromatic carbocycles. The van der Waals surface area contributed by atoms with Crippen LogP contribution in [-0.4, -0.2) is 24.7 Å². The Hall–Kier alpha value is -2.86. The highest BCUT2D eigenvalue weighted by Crippen LogP contribution is 2.33. The summed E-state index contributed by atoms with van der Waals surface area (Å²) in [5.41, 5.74) is 2.69. The lowest BCUT2D eigenvalue weighted by molar-refractivity contribution is 0.169. The van der Waals surface area contributed by atoms with Crippen molar-refractivity contribution >= 4 is 0 Å². The molecule has 1 aliphatic heterocycles. The topological polar surface area (TPSA) is 56.5 Å². The predicted octanol–water partition coefficient (Wildman–Crippen LogP) is 3.58. The van der Waals surface area contributed by atoms with E-state index in [1.54, 1.807) is 18.4 Å². The van der Waals surface area contributed by atoms with Crippen molar-refractivity contribution in [2.24, 2.45) is 0 Å². The molecule has 4 rings (SSSR count). The maximum atomic E-state index is 13.0. The molecule has 1 N–H and O–H groups in total. The van der Waals surface area contributed by atoms with Gasteiger partial charge in [0, 0.05) is 30.6 Å². The van der Waals surface area contributed by atoms with Crippen LogP contribution in [-0.2, 0) is 13.0 Å². The molecule has 3 aromatic rings. The van der Waals surface area contributed by atoms with Gasteiger partial charge >= 0.3 is 0 Å². The Labute approximate surface area is 150 Å². The van der Waals surface area contributed by atoms with Gasteiger partial charge in [0.25, 0.3) is 0 Å². The molecule has 134 valence electrons. The molecule has 5 nitrogen and oxygen atoms in total. The zero-order valence-corrected chi connectivity index (χ0v) is 14.2. The van der Waals surface area contributed by atoms with Crippen LogP contribution >= 0.6 is 0 Å². The van der Waals surface area contributed by atoms with E-state index in [1.807, 2.05) is 18.2 Å². The number of rotatable bonds is 6. The molecule has 1 aromatic heterocycles. The van der Waals surface area contributed by atoms with E-state index in [9.17, 15) is 4.39 Å². The SMILES string of the molecule is Fc1ccc(-c2nc(CCNCc3cccc4c3OCCO4)co2)cc1. The van der Waals surface area contributed by atoms with Crippen molar-refractivity contribution in [3.63, 3.8) is 0 Å². The summed E-state index contributed by atoms with van der Waals surface area (Å²) in [6, 6.07) is 12.0. The summed E-state index contributed by atoms with van der Waals surface area (Å²) in [6.07, 6.45) is 2.37. The molecule has 0 amide bonds. The van der Waals surface area contributed by atoms with Crippen LogP contribution in [0.1, 0.15) is 11.3 Å². The van der Waals surface area contributed by atoms with Crippen molar-refractivity contribution in [2.45, 2.75) is 13.0 Å². The molecule has 0 bridgehead atoms. The highest BCUT2D eigenvalue weighted by molar-refractivity contribution is 5.52. The van der Waals surface area contributed by atoms with Gasteiger partial charge in [-0.25, -0.2) is 9.37 Å². The quantitative estimate of drug-likeness (QED) is 0.686. The molecule has 2 heterocycles. The molecule has 0 aliphatic carbocycles. The molecule has 26 heavy (non-hydrogen) atoms. The fourth-order valence-corrected chi connectivity index (χ4v) is 2.86. The Morgan fingerprint density at radius 1 is 1.04 bits per heavy atom. The Kier molecular flexibility index (Phi) is 4.84. The second-order valence-corrected chi connectivity index (χ2v) is 6.02. The van der Waals surface area contributed by atoms with Gasteiger partial charge in [-0.15, -0.1) is 0 Å². The Morgan fingerprint density at radius 3 is 2.77 bits per heavy atom. The highest BCUT2D eigenvalue weighted by Gasteiger charge is 2.15. The smallest absolute Gasteiger partial charge is 0.226 e. The minimum Gasteiger partial charge on any atom is -0.486 e. The number of fused-ring (bicyclic) bond motifs is 1. The maximum absolute atomic E-state index is 13.0. The van der Waals surface area contributed by atoms with E-state index in [4.69, 9.17) is 13.9 Å². The molecule has 0 radical (unpaired) electrons. The molecule has 0 atom stereocenters. The second kappa shape index (κ2) is 7.58. The average Bonchev–Trinajstić information content (AvgIpc) is 3.15. The van der Waals surface area contributed by atoms with Crippen LogP contribution in [0.25, 0.3) is 11.5 Å². The largest absolute Gasteiger partial charge is 0.486 e. The number of para-hydroxylation sites is 1. The van der Waals surface area contributed by atoms with Crippen LogP contribution in [0.15, 0.2) is 53.1 Å². The number of nitrogens with zero attached hydrogens (tertiary/aromatic N) is 1. The van der Waals surface area contributed by atoms with E-state index < -0.39 is 0 Å². The Balaban J connectivity index is 1.31. The van der Waals surface area contributed by atoms with Crippen molar-refractivity contribution in [3.05, 3.63) is 65.8 Å². The van der Waals surface area contributed by atoms with E-state index in [1.165, 1.54) is 12.1 Å². The van der Waals surface area contributed by atoms with E-state index in [2.05, 4.69) is 10.3 Å². The third-order valence-electron chi connectivity index (χ3n) is 4.16. The van der Waals surface area contributed by atoms with Crippen molar-refractivity contribution in [3.8, 4) is 23.0 Å². The highest BCUT2D eigenvalue weighted by atomic mass is 19.1. The molecule has 1 aliphatic rings. The third kappa shape index (κ3) is 3.70. The Bertz CT molecular complexity index is 877. The zero-order valence-electron chi connectivity index (χ0n) is 14.2. The van der Waals surface area contributed by atoms with E-state index in [0.29, 0.717) is 25.6 Å². The molecular formula is C20H19FN2O3. The minimum absolute atomic E-state index is 0.276. The van der Waals surface area contributed by atoms with Crippen molar-refractivity contribution in [1.29, 1.82) is 0 Å². The lowest BCUT2D eigenvalue weighted by Crippen LogP contribution is -2.20. The van der Waals surface area contributed by atoms with Crippen LogP contribution in [0.5, 0.6) is 11.5 Å². The van der Waals surface area contributed by atoms with E-state index in [-0.39, 0.29) is 5.82 Å². The zero-order chi connectivity index (χ0) is 17.8. The van der Waals surface area contributed by atoms with Crippen LogP contribution in [0.4, 0.5) is 4.39 Å². The molecule has 0 spiro atoms. The van der Waals surface area contributed by atoms with Crippen molar-refractivity contribution in [2.75, 3.05) is 19.8 Å². The summed E-state index contributed by atoms with van der Waals surface area (Å²) in [5.74, 6) is 1.85. The minimum atomic E-state index is -0.276. The number of benzene rings is 2. The standard InChI is InChI=1S/C20H19FN2O3/c21-16-6-4-14(5-7-16)20-23-17(13-26-20)8-9-22-12-15-2-1-3-18-19(15)25-11-10-24-18/h1-7,13,22H,8-12H2. The average molecular weight is 354 g/mol. The van der Waals surface area contributed by atoms with E-state index in [0.717, 1.165) is 41.3 Å². The first-order valence-electron chi connectivity index (χ1n) is 8.58. The molecule has 0 fully saturated rings. The van der Waals surface area contributed by atoms with Crippen LogP contribution in [0, 0.1) is 5.82 Å². The van der Waals surface area contributed by atoms with E-state index >= 15 is 0 Å². The van der Waals surface area contributed by atoms with Crippen molar-refractivity contribution in [1.82, 2.24) is 10.3 Å². The van der Waals surface area contributed by atoms with Crippen molar-refractivity contribution < 1.29 is 18.3 Å². The first kappa shape index (κ1) is 16.6. The summed E-state index contributed by atoms with van der Waals surface area (Å²) >= 11 is 0. The monoisotopic (exact) mass is 354 g/mol. The van der Waals surface area contributed by atoms with Gasteiger partial charge in [-0.05, 0) is 30.3 Å². The Morgan fingerprint density at radius 2 is 1.88 bits per heavy atom. The van der Waals surface area contributed by atoms with Gasteiger partial charge in [0.15, 0.2) is 11.5 Å². The summed E-state index contributed by atoms with van der Waals surface area (Å²) < 4.78 is 29.8. The van der Waals surface area contributed by atoms with Crippen LogP contribution in [0.3, 0.4) is 0 Å². The summed E-state index contributed by atoms with van der Waals surface area (Å²) in [4.78, 5) is 4.45. The predicted molar refractivity (Wildman–Crippen MR) is 94.7 cm³/mol. The third-order valence-corrected chi connectivity index (χ3v) is 4.16. The summed E-state index contributed by atoms with van der Waals surface area (Å²) in [5, 5.41) is 3.39. The van der Waals surface area contributed by atoms with Gasteiger partial charge in [-0.3, -0.25) is 0 Å². The van der Waals surface area contributed by atoms with Gasteiger partial charge in [-0.2, -0.15) is 0 Å². The number of oxazole rings is 1. The molecular weight excluding hydrogens is 335 g/mol. The fourth-order valence-electron chi connectivity index (χ4n) is 2.86. The molecule has 0 saturated carbocycles. The summed E-state index contributed by atoms with van der Waals surface area (Å²) in [6.45, 7) is 2.61. The molecule has 0 saturated heterocycles. The molecule has 6 heteroatoms. The lowest BCUT2D eigenvalue weighted by atomic mass is 10.1. The van der Waals surface area contributed by atoms with Gasteiger partial charge in [0.2, 0.25) is 5.89 Å². The number of ether oxygens (including phenoxy) is 2. The van der Waals surface area contributed by atoms with Gasteiger partial charge in [-0.1, -0.05) is 12.1 Å². The lowest BCUT2D eigenvalue weighted by Gasteiger charge is -2.21. The summed E-state index contributed by atoms with van der Waals surface area (Å²) in [7, 11) is 0. The maximum Gasteiger partial charge on any atom is 0.226 e. The first-order valence-corrected chi connectivity index (χ1v) is 8.58. The number of aromatic nitrogens is 1. The van der Waals surface area contributed by atoms with Gasteiger partial charge in [0.1, 0.15) is 25.3 Å². The van der Waals surface area contributed by atoms with Gasteiger partial charge in [0.05, 0.1) is 5.69 Å². The number of hydrogen-bond acceptors (Lipinski definition) is 5. The van der Waals surface area contributed by atoms with Crippen LogP contribution in [0.2, 0.25) is 0 Å². The van der Waals surface area contributed by atoms with Gasteiger partial charge < -0.3 is 19.2 Å². The first-order chi connectivity index (χ1) is 12.8. The second-order valence-electron chi connectivity index (χ2n) is 6.02. The number of nitrogens with one attached hydrogen (secondary N) is 1. The molecule has 0 unspecified atom stereocenters. The fraction of sp³-hybridized carbons (Fsp3) is 0.250. The number of halogens is 1. The number of hydrogen-bond donors (Lipinski definition) is 1.